The van der Waals surface area contributed by atoms with E-state index in [0.717, 1.165) is 45.0 Å². The van der Waals surface area contributed by atoms with Crippen molar-refractivity contribution >= 4 is 28.1 Å². The first-order chi connectivity index (χ1) is 17.6. The molecule has 9 nitrogen and oxygen atoms in total. The summed E-state index contributed by atoms with van der Waals surface area (Å²) in [5.74, 6) is 3.54. The van der Waals surface area contributed by atoms with E-state index in [9.17, 15) is 0 Å². The molecule has 1 N–H and O–H groups in total. The smallest absolute Gasteiger partial charge is 0.158 e. The molecule has 0 aliphatic rings. The van der Waals surface area contributed by atoms with E-state index in [1.807, 2.05) is 80.7 Å². The molecule has 0 spiro atoms. The molecule has 0 saturated carbocycles. The van der Waals surface area contributed by atoms with Crippen LogP contribution < -0.4 is 14.8 Å². The number of aromatic nitrogens is 6. The summed E-state index contributed by atoms with van der Waals surface area (Å²) in [6, 6.07) is 19.0. The Kier molecular flexibility index (Phi) is 5.34. The van der Waals surface area contributed by atoms with Crippen LogP contribution in [0.3, 0.4) is 0 Å². The maximum Gasteiger partial charge on any atom is 0.158 e. The minimum absolute atomic E-state index is 0.682. The molecule has 0 aliphatic heterocycles. The second-order valence-electron chi connectivity index (χ2n) is 8.27. The fourth-order valence-electron chi connectivity index (χ4n) is 3.88. The van der Waals surface area contributed by atoms with Gasteiger partial charge in [-0.05, 0) is 67.9 Å². The van der Waals surface area contributed by atoms with Crippen molar-refractivity contribution in [3.8, 4) is 23.0 Å². The second-order valence-corrected chi connectivity index (χ2v) is 8.27. The summed E-state index contributed by atoms with van der Waals surface area (Å²) < 4.78 is 13.8. The first-order valence-electron chi connectivity index (χ1n) is 11.3. The monoisotopic (exact) mass is 475 g/mol. The van der Waals surface area contributed by atoms with Gasteiger partial charge in [-0.15, -0.1) is 0 Å². The van der Waals surface area contributed by atoms with Crippen LogP contribution in [0.4, 0.5) is 11.5 Å². The summed E-state index contributed by atoms with van der Waals surface area (Å²) >= 11 is 0. The predicted molar refractivity (Wildman–Crippen MR) is 136 cm³/mol. The van der Waals surface area contributed by atoms with Gasteiger partial charge in [-0.3, -0.25) is 4.98 Å². The topological polar surface area (TPSA) is 99.4 Å². The zero-order chi connectivity index (χ0) is 24.5. The molecular formula is C27H21N7O2. The molecule has 0 saturated heterocycles. The van der Waals surface area contributed by atoms with Gasteiger partial charge in [-0.25, -0.2) is 19.5 Å². The van der Waals surface area contributed by atoms with E-state index in [2.05, 4.69) is 30.4 Å². The van der Waals surface area contributed by atoms with Gasteiger partial charge in [0, 0.05) is 41.3 Å². The highest BCUT2D eigenvalue weighted by Gasteiger charge is 2.10. The lowest BCUT2D eigenvalue weighted by molar-refractivity contribution is 0.478. The molecule has 0 atom stereocenters. The summed E-state index contributed by atoms with van der Waals surface area (Å²) in [7, 11) is 0. The normalized spacial score (nSPS) is 11.1. The quantitative estimate of drug-likeness (QED) is 0.313. The summed E-state index contributed by atoms with van der Waals surface area (Å²) in [6.07, 6.45) is 6.60. The number of hydrogen-bond acceptors (Lipinski definition) is 8. The number of anilines is 2. The maximum atomic E-state index is 6.09. The van der Waals surface area contributed by atoms with Crippen LogP contribution in [0.15, 0.2) is 85.7 Å². The Hall–Kier alpha value is -5.05. The first-order valence-corrected chi connectivity index (χ1v) is 11.3. The van der Waals surface area contributed by atoms with Crippen LogP contribution in [0.5, 0.6) is 23.0 Å². The molecule has 0 bridgehead atoms. The van der Waals surface area contributed by atoms with Crippen molar-refractivity contribution in [2.45, 2.75) is 13.8 Å². The number of ether oxygens (including phenoxy) is 2. The number of fused-ring (bicyclic) bond motifs is 2. The highest BCUT2D eigenvalue weighted by atomic mass is 16.5. The van der Waals surface area contributed by atoms with Crippen LogP contribution in [-0.4, -0.2) is 29.5 Å². The average molecular weight is 476 g/mol. The van der Waals surface area contributed by atoms with Crippen molar-refractivity contribution in [2.75, 3.05) is 5.32 Å². The van der Waals surface area contributed by atoms with Crippen molar-refractivity contribution < 1.29 is 9.47 Å². The molecular weight excluding hydrogens is 454 g/mol. The van der Waals surface area contributed by atoms with Crippen LogP contribution in [0, 0.1) is 13.8 Å². The largest absolute Gasteiger partial charge is 0.457 e. The van der Waals surface area contributed by atoms with Gasteiger partial charge in [0.25, 0.3) is 0 Å². The Morgan fingerprint density at radius 1 is 0.750 bits per heavy atom. The van der Waals surface area contributed by atoms with E-state index in [4.69, 9.17) is 9.47 Å². The Morgan fingerprint density at radius 3 is 2.53 bits per heavy atom. The Morgan fingerprint density at radius 2 is 1.64 bits per heavy atom. The number of hydrogen-bond donors (Lipinski definition) is 1. The van der Waals surface area contributed by atoms with Gasteiger partial charge < -0.3 is 14.8 Å². The molecule has 0 unspecified atom stereocenters. The number of benzene rings is 2. The molecule has 2 aromatic carbocycles. The first kappa shape index (κ1) is 21.5. The SMILES string of the molecule is Cc1cc(Oc2ccc3ncnc(Nc4ccc(Oc5ccn6ncnc6c5)c(C)c4)c3c2)ccn1. The highest BCUT2D eigenvalue weighted by molar-refractivity contribution is 5.91. The van der Waals surface area contributed by atoms with Crippen molar-refractivity contribution in [2.24, 2.45) is 0 Å². The Bertz CT molecular complexity index is 1710. The van der Waals surface area contributed by atoms with Gasteiger partial charge in [0.15, 0.2) is 5.65 Å². The van der Waals surface area contributed by atoms with E-state index in [-0.39, 0.29) is 0 Å². The summed E-state index contributed by atoms with van der Waals surface area (Å²) in [4.78, 5) is 17.3. The zero-order valence-corrected chi connectivity index (χ0v) is 19.6. The lowest BCUT2D eigenvalue weighted by Crippen LogP contribution is -1.98. The van der Waals surface area contributed by atoms with Crippen molar-refractivity contribution in [1.82, 2.24) is 29.5 Å². The third-order valence-corrected chi connectivity index (χ3v) is 5.63. The van der Waals surface area contributed by atoms with E-state index in [1.165, 1.54) is 6.33 Å². The number of rotatable bonds is 6. The fourth-order valence-corrected chi connectivity index (χ4v) is 3.88. The minimum Gasteiger partial charge on any atom is -0.457 e. The van der Waals surface area contributed by atoms with E-state index < -0.39 is 0 Å². The van der Waals surface area contributed by atoms with E-state index in [1.54, 1.807) is 17.0 Å². The average Bonchev–Trinajstić information content (AvgIpc) is 3.34. The van der Waals surface area contributed by atoms with Gasteiger partial charge in [-0.2, -0.15) is 5.10 Å². The zero-order valence-electron chi connectivity index (χ0n) is 19.6. The lowest BCUT2D eigenvalue weighted by atomic mass is 10.2. The van der Waals surface area contributed by atoms with Gasteiger partial charge in [0.1, 0.15) is 41.5 Å². The predicted octanol–water partition coefficient (Wildman–Crippen LogP) is 6.01. The lowest BCUT2D eigenvalue weighted by Gasteiger charge is -2.13. The molecule has 0 aliphatic carbocycles. The van der Waals surface area contributed by atoms with Gasteiger partial charge in [0.05, 0.1) is 5.52 Å². The van der Waals surface area contributed by atoms with Gasteiger partial charge >= 0.3 is 0 Å². The summed E-state index contributed by atoms with van der Waals surface area (Å²) in [5, 5.41) is 8.36. The highest BCUT2D eigenvalue weighted by Crippen LogP contribution is 2.32. The van der Waals surface area contributed by atoms with Crippen LogP contribution in [-0.2, 0) is 0 Å². The molecule has 0 fully saturated rings. The number of nitrogens with one attached hydrogen (secondary N) is 1. The van der Waals surface area contributed by atoms with Gasteiger partial charge in [-0.1, -0.05) is 0 Å². The molecule has 176 valence electrons. The molecule has 4 heterocycles. The van der Waals surface area contributed by atoms with E-state index >= 15 is 0 Å². The molecule has 9 heteroatoms. The minimum atomic E-state index is 0.682. The van der Waals surface area contributed by atoms with Crippen molar-refractivity contribution in [3.63, 3.8) is 0 Å². The molecule has 6 rings (SSSR count). The van der Waals surface area contributed by atoms with Crippen LogP contribution in [0.25, 0.3) is 16.6 Å². The third-order valence-electron chi connectivity index (χ3n) is 5.63. The van der Waals surface area contributed by atoms with E-state index in [0.29, 0.717) is 17.3 Å². The number of nitrogens with zero attached hydrogens (tertiary/aromatic N) is 6. The summed E-state index contributed by atoms with van der Waals surface area (Å²) in [5.41, 5.74) is 4.27. The molecule has 6 aromatic rings. The van der Waals surface area contributed by atoms with Crippen LogP contribution in [0.1, 0.15) is 11.3 Å². The van der Waals surface area contributed by atoms with Crippen LogP contribution >= 0.6 is 0 Å². The number of pyridine rings is 2. The molecule has 0 amide bonds. The van der Waals surface area contributed by atoms with Crippen molar-refractivity contribution in [3.05, 3.63) is 97.0 Å². The molecule has 4 aromatic heterocycles. The standard InChI is InChI=1S/C27H21N7O2/c1-17-11-19(3-6-25(17)36-22-8-10-34-26(14-22)30-16-32-34)33-27-23-13-20(4-5-24(23)29-15-31-27)35-21-7-9-28-18(2)12-21/h3-16H,1-2H3,(H,29,31,33). The molecule has 0 radical (unpaired) electrons. The molecule has 36 heavy (non-hydrogen) atoms. The van der Waals surface area contributed by atoms with Crippen LogP contribution in [0.2, 0.25) is 0 Å². The number of aryl methyl sites for hydroxylation is 2. The van der Waals surface area contributed by atoms with Crippen molar-refractivity contribution in [1.29, 1.82) is 0 Å². The fraction of sp³-hybridized carbons (Fsp3) is 0.0741. The third kappa shape index (κ3) is 4.37. The van der Waals surface area contributed by atoms with Gasteiger partial charge in [0.2, 0.25) is 0 Å². The Balaban J connectivity index is 1.25. The second kappa shape index (κ2) is 8.95. The summed E-state index contributed by atoms with van der Waals surface area (Å²) in [6.45, 7) is 3.92. The Labute approximate surface area is 206 Å². The maximum absolute atomic E-state index is 6.09.